The fourth-order valence-electron chi connectivity index (χ4n) is 1.35. The molecule has 1 N–H and O–H groups in total. The van der Waals surface area contributed by atoms with Crippen LogP contribution < -0.4 is 5.32 Å². The van der Waals surface area contributed by atoms with Gasteiger partial charge in [0.25, 0.3) is 10.1 Å². The van der Waals surface area contributed by atoms with Gasteiger partial charge in [0.05, 0.1) is 19.5 Å². The predicted molar refractivity (Wildman–Crippen MR) is 48.1 cm³/mol. The van der Waals surface area contributed by atoms with E-state index in [1.54, 1.807) is 0 Å². The molecule has 0 spiro atoms. The van der Waals surface area contributed by atoms with Crippen molar-refractivity contribution in [1.29, 1.82) is 0 Å². The van der Waals surface area contributed by atoms with E-state index in [1.165, 1.54) is 7.11 Å². The van der Waals surface area contributed by atoms with Gasteiger partial charge in [0.1, 0.15) is 6.04 Å². The van der Waals surface area contributed by atoms with Gasteiger partial charge in [-0.15, -0.1) is 0 Å². The third-order valence-electron chi connectivity index (χ3n) is 1.89. The van der Waals surface area contributed by atoms with Crippen molar-refractivity contribution >= 4 is 16.1 Å². The van der Waals surface area contributed by atoms with Gasteiger partial charge in [-0.2, -0.15) is 8.42 Å². The lowest BCUT2D eigenvalue weighted by Gasteiger charge is -2.08. The molecule has 0 aromatic rings. The Bertz CT molecular complexity index is 312. The molecule has 0 bridgehead atoms. The minimum Gasteiger partial charge on any atom is -0.468 e. The smallest absolute Gasteiger partial charge is 0.322 e. The highest BCUT2D eigenvalue weighted by molar-refractivity contribution is 7.86. The summed E-state index contributed by atoms with van der Waals surface area (Å²) in [5, 5.41) is 2.82. The molecule has 2 atom stereocenters. The number of hydrogen-bond acceptors (Lipinski definition) is 6. The number of ether oxygens (including phenoxy) is 1. The minimum atomic E-state index is -3.46. The van der Waals surface area contributed by atoms with E-state index in [1.807, 2.05) is 0 Å². The highest BCUT2D eigenvalue weighted by atomic mass is 32.2. The molecule has 0 unspecified atom stereocenters. The molecule has 0 aromatic carbocycles. The first-order valence-electron chi connectivity index (χ1n) is 4.12. The van der Waals surface area contributed by atoms with Crippen LogP contribution in [0.1, 0.15) is 6.42 Å². The van der Waals surface area contributed by atoms with Crippen LogP contribution in [-0.2, 0) is 23.8 Å². The van der Waals surface area contributed by atoms with Crippen LogP contribution in [-0.4, -0.2) is 46.4 Å². The third kappa shape index (κ3) is 3.24. The van der Waals surface area contributed by atoms with Gasteiger partial charge >= 0.3 is 5.97 Å². The number of esters is 1. The molecule has 0 radical (unpaired) electrons. The van der Waals surface area contributed by atoms with E-state index in [2.05, 4.69) is 10.1 Å². The molecule has 6 nitrogen and oxygen atoms in total. The Balaban J connectivity index is 2.46. The maximum absolute atomic E-state index is 11.0. The van der Waals surface area contributed by atoms with Gasteiger partial charge in [-0.1, -0.05) is 0 Å². The van der Waals surface area contributed by atoms with Gasteiger partial charge in [-0.25, -0.2) is 0 Å². The van der Waals surface area contributed by atoms with Crippen molar-refractivity contribution in [2.75, 3.05) is 19.9 Å². The van der Waals surface area contributed by atoms with E-state index >= 15 is 0 Å². The zero-order chi connectivity index (χ0) is 10.8. The zero-order valence-electron chi connectivity index (χ0n) is 8.02. The summed E-state index contributed by atoms with van der Waals surface area (Å²) in [6.45, 7) is 0.340. The van der Waals surface area contributed by atoms with Crippen molar-refractivity contribution in [3.8, 4) is 0 Å². The average molecular weight is 223 g/mol. The van der Waals surface area contributed by atoms with E-state index in [4.69, 9.17) is 4.18 Å². The Morgan fingerprint density at radius 2 is 2.14 bits per heavy atom. The van der Waals surface area contributed by atoms with Crippen LogP contribution in [0.5, 0.6) is 0 Å². The molecule has 1 saturated heterocycles. The van der Waals surface area contributed by atoms with Crippen LogP contribution in [0.4, 0.5) is 0 Å². The predicted octanol–water partition coefficient (Wildman–Crippen LogP) is -1.13. The number of methoxy groups -OCH3 is 1. The van der Waals surface area contributed by atoms with E-state index < -0.39 is 28.2 Å². The molecular formula is C7H13NO5S. The van der Waals surface area contributed by atoms with Gasteiger partial charge in [0, 0.05) is 13.0 Å². The normalized spacial score (nSPS) is 27.6. The molecule has 1 fully saturated rings. The van der Waals surface area contributed by atoms with Crippen LogP contribution in [0.15, 0.2) is 0 Å². The summed E-state index contributed by atoms with van der Waals surface area (Å²) in [6, 6.07) is -0.466. The number of carbonyl (C=O) groups is 1. The van der Waals surface area contributed by atoms with Crippen LogP contribution >= 0.6 is 0 Å². The second-order valence-corrected chi connectivity index (χ2v) is 4.74. The monoisotopic (exact) mass is 223 g/mol. The molecular weight excluding hydrogens is 210 g/mol. The Labute approximate surface area is 82.7 Å². The first kappa shape index (κ1) is 11.4. The number of nitrogens with one attached hydrogen (secondary N) is 1. The second kappa shape index (κ2) is 4.24. The molecule has 14 heavy (non-hydrogen) atoms. The highest BCUT2D eigenvalue weighted by Crippen LogP contribution is 2.13. The summed E-state index contributed by atoms with van der Waals surface area (Å²) < 4.78 is 30.8. The lowest BCUT2D eigenvalue weighted by atomic mass is 10.2. The fraction of sp³-hybridized carbons (Fsp3) is 0.857. The first-order chi connectivity index (χ1) is 6.42. The van der Waals surface area contributed by atoms with Crippen molar-refractivity contribution in [1.82, 2.24) is 5.32 Å². The maximum atomic E-state index is 11.0. The SMILES string of the molecule is COC(=O)[C@@H]1C[C@H](OS(C)(=O)=O)CN1. The van der Waals surface area contributed by atoms with Gasteiger partial charge < -0.3 is 10.1 Å². The van der Waals surface area contributed by atoms with Crippen LogP contribution in [0.3, 0.4) is 0 Å². The van der Waals surface area contributed by atoms with E-state index in [0.29, 0.717) is 13.0 Å². The second-order valence-electron chi connectivity index (χ2n) is 3.14. The largest absolute Gasteiger partial charge is 0.468 e. The zero-order valence-corrected chi connectivity index (χ0v) is 8.83. The van der Waals surface area contributed by atoms with Crippen molar-refractivity contribution in [3.63, 3.8) is 0 Å². The topological polar surface area (TPSA) is 81.7 Å². The Kier molecular flexibility index (Phi) is 3.46. The molecule has 1 rings (SSSR count). The van der Waals surface area contributed by atoms with Crippen LogP contribution in [0, 0.1) is 0 Å². The van der Waals surface area contributed by atoms with Gasteiger partial charge in [-0.05, 0) is 0 Å². The highest BCUT2D eigenvalue weighted by Gasteiger charge is 2.32. The van der Waals surface area contributed by atoms with Crippen LogP contribution in [0.2, 0.25) is 0 Å². The van der Waals surface area contributed by atoms with E-state index in [0.717, 1.165) is 6.26 Å². The minimum absolute atomic E-state index is 0.319. The molecule has 1 heterocycles. The first-order valence-corrected chi connectivity index (χ1v) is 5.93. The van der Waals surface area contributed by atoms with E-state index in [-0.39, 0.29) is 0 Å². The number of carbonyl (C=O) groups excluding carboxylic acids is 1. The Morgan fingerprint density at radius 3 is 2.64 bits per heavy atom. The molecule has 0 amide bonds. The fourth-order valence-corrected chi connectivity index (χ4v) is 1.99. The third-order valence-corrected chi connectivity index (χ3v) is 2.51. The average Bonchev–Trinajstić information content (AvgIpc) is 2.48. The van der Waals surface area contributed by atoms with E-state index in [9.17, 15) is 13.2 Å². The van der Waals surface area contributed by atoms with Gasteiger partial charge in [0.15, 0.2) is 0 Å². The van der Waals surface area contributed by atoms with Gasteiger partial charge in [0.2, 0.25) is 0 Å². The summed E-state index contributed by atoms with van der Waals surface area (Å²) >= 11 is 0. The Morgan fingerprint density at radius 1 is 1.50 bits per heavy atom. The molecule has 82 valence electrons. The summed E-state index contributed by atoms with van der Waals surface area (Å²) in [5.74, 6) is -0.399. The lowest BCUT2D eigenvalue weighted by molar-refractivity contribution is -0.142. The molecule has 0 aliphatic carbocycles. The molecule has 1 aliphatic heterocycles. The van der Waals surface area contributed by atoms with Crippen molar-refractivity contribution in [3.05, 3.63) is 0 Å². The van der Waals surface area contributed by atoms with Crippen molar-refractivity contribution in [2.45, 2.75) is 18.6 Å². The lowest BCUT2D eigenvalue weighted by Crippen LogP contribution is -2.31. The van der Waals surface area contributed by atoms with Gasteiger partial charge in [-0.3, -0.25) is 8.98 Å². The standard InChI is InChI=1S/C7H13NO5S/c1-12-7(9)6-3-5(4-8-6)13-14(2,10)11/h5-6,8H,3-4H2,1-2H3/t5-,6-/m0/s1. The molecule has 1 aliphatic rings. The van der Waals surface area contributed by atoms with Crippen molar-refractivity contribution in [2.24, 2.45) is 0 Å². The number of rotatable bonds is 3. The summed E-state index contributed by atoms with van der Waals surface area (Å²) in [6.07, 6.45) is 0.826. The van der Waals surface area contributed by atoms with Crippen molar-refractivity contribution < 1.29 is 22.1 Å². The Hall–Kier alpha value is -0.660. The van der Waals surface area contributed by atoms with Crippen LogP contribution in [0.25, 0.3) is 0 Å². The molecule has 0 aromatic heterocycles. The summed E-state index contributed by atoms with van der Waals surface area (Å²) in [7, 11) is -2.17. The summed E-state index contributed by atoms with van der Waals surface area (Å²) in [5.41, 5.74) is 0. The number of hydrogen-bond donors (Lipinski definition) is 1. The molecule has 7 heteroatoms. The maximum Gasteiger partial charge on any atom is 0.322 e. The molecule has 0 saturated carbocycles. The summed E-state index contributed by atoms with van der Waals surface area (Å²) in [4.78, 5) is 11.0. The quantitative estimate of drug-likeness (QED) is 0.481.